The topological polar surface area (TPSA) is 68.3 Å². The van der Waals surface area contributed by atoms with Crippen LogP contribution in [0.15, 0.2) is 0 Å². The smallest absolute Gasteiger partial charge is 0.139 e. The Bertz CT molecular complexity index is 535. The molecule has 4 heteroatoms. The first-order valence-corrected chi connectivity index (χ1v) is 11.1. The van der Waals surface area contributed by atoms with Crippen molar-refractivity contribution in [3.05, 3.63) is 0 Å². The fraction of sp³-hybridized carbons (Fsp3) is 0.833. The van der Waals surface area contributed by atoms with Crippen molar-refractivity contribution in [2.45, 2.75) is 68.2 Å². The number of rotatable bonds is 8. The molecule has 28 heavy (non-hydrogen) atoms. The highest BCUT2D eigenvalue weighted by molar-refractivity contribution is 5.97. The van der Waals surface area contributed by atoms with Gasteiger partial charge < -0.3 is 0 Å². The quantitative estimate of drug-likeness (QED) is 0.616. The van der Waals surface area contributed by atoms with Crippen molar-refractivity contribution in [3.63, 3.8) is 0 Å². The Labute approximate surface area is 170 Å². The lowest BCUT2D eigenvalue weighted by molar-refractivity contribution is -0.168. The van der Waals surface area contributed by atoms with Gasteiger partial charge in [0.2, 0.25) is 0 Å². The molecule has 4 nitrogen and oxygen atoms in total. The molecule has 0 N–H and O–H groups in total. The summed E-state index contributed by atoms with van der Waals surface area (Å²) in [7, 11) is 0. The van der Waals surface area contributed by atoms with Gasteiger partial charge in [-0.2, -0.15) is 0 Å². The van der Waals surface area contributed by atoms with Gasteiger partial charge in [0.1, 0.15) is 23.1 Å². The van der Waals surface area contributed by atoms with Crippen molar-refractivity contribution in [2.24, 2.45) is 59.2 Å². The molecule has 0 spiro atoms. The molecule has 3 aliphatic rings. The van der Waals surface area contributed by atoms with Gasteiger partial charge in [-0.3, -0.25) is 19.2 Å². The van der Waals surface area contributed by atoms with Gasteiger partial charge in [0.05, 0.1) is 0 Å². The van der Waals surface area contributed by atoms with Gasteiger partial charge in [0.25, 0.3) is 0 Å². The lowest BCUT2D eigenvalue weighted by Gasteiger charge is -2.56. The molecule has 4 atom stereocenters. The van der Waals surface area contributed by atoms with Crippen molar-refractivity contribution in [2.75, 3.05) is 0 Å². The van der Waals surface area contributed by atoms with Crippen molar-refractivity contribution in [3.8, 4) is 0 Å². The van der Waals surface area contributed by atoms with Gasteiger partial charge in [-0.15, -0.1) is 0 Å². The van der Waals surface area contributed by atoms with E-state index in [-0.39, 0.29) is 58.6 Å². The summed E-state index contributed by atoms with van der Waals surface area (Å²) in [4.78, 5) is 52.9. The third-order valence-corrected chi connectivity index (χ3v) is 7.04. The normalized spacial score (nSPS) is 32.4. The predicted octanol–water partition coefficient (Wildman–Crippen LogP) is 4.39. The van der Waals surface area contributed by atoms with Crippen LogP contribution in [0.25, 0.3) is 0 Å². The Hall–Kier alpha value is -1.32. The summed E-state index contributed by atoms with van der Waals surface area (Å²) >= 11 is 0. The van der Waals surface area contributed by atoms with Gasteiger partial charge in [0, 0.05) is 47.3 Å². The van der Waals surface area contributed by atoms with E-state index in [2.05, 4.69) is 0 Å². The van der Waals surface area contributed by atoms with Crippen LogP contribution < -0.4 is 0 Å². The number of fused-ring (bicyclic) bond motifs is 3. The number of carbonyl (C=O) groups excluding carboxylic acids is 4. The predicted molar refractivity (Wildman–Crippen MR) is 110 cm³/mol. The average Bonchev–Trinajstić information content (AvgIpc) is 2.63. The molecule has 3 fully saturated rings. The van der Waals surface area contributed by atoms with Crippen LogP contribution in [0.2, 0.25) is 0 Å². The van der Waals surface area contributed by atoms with Crippen molar-refractivity contribution < 1.29 is 19.2 Å². The van der Waals surface area contributed by atoms with E-state index < -0.39 is 23.7 Å². The molecule has 158 valence electrons. The minimum atomic E-state index is -0.419. The fourth-order valence-corrected chi connectivity index (χ4v) is 5.71. The van der Waals surface area contributed by atoms with E-state index in [4.69, 9.17) is 0 Å². The number of hydrogen-bond donors (Lipinski definition) is 0. The van der Waals surface area contributed by atoms with Gasteiger partial charge in [-0.25, -0.2) is 0 Å². The molecule has 2 bridgehead atoms. The Morgan fingerprint density at radius 3 is 0.786 bits per heavy atom. The van der Waals surface area contributed by atoms with Crippen LogP contribution in [-0.4, -0.2) is 23.1 Å². The average molecular weight is 391 g/mol. The molecule has 4 unspecified atom stereocenters. The van der Waals surface area contributed by atoms with E-state index in [1.165, 1.54) is 0 Å². The molecule has 0 aromatic carbocycles. The molecule has 0 heterocycles. The highest BCUT2D eigenvalue weighted by Gasteiger charge is 2.61. The zero-order chi connectivity index (χ0) is 21.5. The van der Waals surface area contributed by atoms with Crippen LogP contribution in [-0.2, 0) is 19.2 Å². The molecule has 3 aliphatic carbocycles. The molecule has 0 radical (unpaired) electrons. The third-order valence-electron chi connectivity index (χ3n) is 7.04. The lowest BCUT2D eigenvalue weighted by atomic mass is 9.45. The number of hydrogen-bond acceptors (Lipinski definition) is 4. The van der Waals surface area contributed by atoms with Crippen LogP contribution in [0.4, 0.5) is 0 Å². The molecule has 0 aromatic heterocycles. The number of ketones is 4. The van der Waals surface area contributed by atoms with E-state index in [0.29, 0.717) is 0 Å². The van der Waals surface area contributed by atoms with E-state index in [0.717, 1.165) is 12.8 Å². The molecule has 0 saturated heterocycles. The van der Waals surface area contributed by atoms with Crippen molar-refractivity contribution in [1.82, 2.24) is 0 Å². The molecule has 0 aliphatic heterocycles. The second-order valence-corrected chi connectivity index (χ2v) is 10.2. The van der Waals surface area contributed by atoms with Crippen LogP contribution in [0, 0.1) is 59.2 Å². The van der Waals surface area contributed by atoms with Crippen LogP contribution in [0.5, 0.6) is 0 Å². The number of carbonyl (C=O) groups is 4. The Kier molecular flexibility index (Phi) is 7.04. The molecule has 0 amide bonds. The van der Waals surface area contributed by atoms with Crippen LogP contribution in [0.1, 0.15) is 68.2 Å². The van der Waals surface area contributed by atoms with Crippen molar-refractivity contribution >= 4 is 23.1 Å². The van der Waals surface area contributed by atoms with E-state index in [9.17, 15) is 19.2 Å². The Morgan fingerprint density at radius 2 is 0.643 bits per heavy atom. The fourth-order valence-electron chi connectivity index (χ4n) is 5.71. The summed E-state index contributed by atoms with van der Waals surface area (Å²) in [6, 6.07) is 0. The SMILES string of the molecule is CC(C)C(=O)C1C2CCC(C1C(=O)C(C)C)C(C(=O)C(C)C)C2C(=O)C(C)C. The van der Waals surface area contributed by atoms with Gasteiger partial charge in [0.15, 0.2) is 0 Å². The van der Waals surface area contributed by atoms with E-state index in [1.54, 1.807) is 0 Å². The highest BCUT2D eigenvalue weighted by atomic mass is 16.1. The van der Waals surface area contributed by atoms with Gasteiger partial charge >= 0.3 is 0 Å². The Balaban J connectivity index is 2.63. The number of Topliss-reactive ketones (excluding diaryl/α,β-unsaturated/α-hetero) is 4. The first-order valence-electron chi connectivity index (χ1n) is 11.1. The lowest BCUT2D eigenvalue weighted by Crippen LogP contribution is -2.61. The van der Waals surface area contributed by atoms with Crippen molar-refractivity contribution in [1.29, 1.82) is 0 Å². The van der Waals surface area contributed by atoms with Crippen LogP contribution in [0.3, 0.4) is 0 Å². The van der Waals surface area contributed by atoms with Crippen LogP contribution >= 0.6 is 0 Å². The van der Waals surface area contributed by atoms with Gasteiger partial charge in [-0.05, 0) is 24.7 Å². The minimum Gasteiger partial charge on any atom is -0.299 e. The summed E-state index contributed by atoms with van der Waals surface area (Å²) in [6.45, 7) is 15.0. The standard InChI is InChI=1S/C24H38O4/c1-11(2)21(25)17-15-9-10-16(18(17)22(26)12(3)4)20(24(28)14(7)8)19(15)23(27)13(5)6/h11-20H,9-10H2,1-8H3. The molecular weight excluding hydrogens is 352 g/mol. The summed E-state index contributed by atoms with van der Waals surface area (Å²) in [6.07, 6.45) is 1.53. The molecule has 3 saturated carbocycles. The Morgan fingerprint density at radius 1 is 0.464 bits per heavy atom. The molecular formula is C24H38O4. The maximum Gasteiger partial charge on any atom is 0.139 e. The minimum absolute atomic E-state index is 0.0886. The van der Waals surface area contributed by atoms with E-state index >= 15 is 0 Å². The zero-order valence-corrected chi connectivity index (χ0v) is 18.8. The second-order valence-electron chi connectivity index (χ2n) is 10.2. The monoisotopic (exact) mass is 390 g/mol. The zero-order valence-electron chi connectivity index (χ0n) is 18.8. The summed E-state index contributed by atoms with van der Waals surface area (Å²) in [5.74, 6) is -2.41. The largest absolute Gasteiger partial charge is 0.299 e. The highest BCUT2D eigenvalue weighted by Crippen LogP contribution is 2.57. The maximum atomic E-state index is 13.2. The first-order chi connectivity index (χ1) is 12.9. The third kappa shape index (κ3) is 3.89. The summed E-state index contributed by atoms with van der Waals surface area (Å²) in [5, 5.41) is 0. The molecule has 3 rings (SSSR count). The van der Waals surface area contributed by atoms with E-state index in [1.807, 2.05) is 55.4 Å². The second kappa shape index (κ2) is 8.59. The van der Waals surface area contributed by atoms with Gasteiger partial charge in [-0.1, -0.05) is 55.4 Å². The first kappa shape index (κ1) is 23.0. The summed E-state index contributed by atoms with van der Waals surface area (Å²) in [5.41, 5.74) is 0. The summed E-state index contributed by atoms with van der Waals surface area (Å²) < 4.78 is 0. The molecule has 0 aromatic rings. The maximum absolute atomic E-state index is 13.2.